The van der Waals surface area contributed by atoms with Crippen LogP contribution in [0.1, 0.15) is 34.3 Å². The first-order valence-electron chi connectivity index (χ1n) is 7.67. The van der Waals surface area contributed by atoms with Crippen LogP contribution < -0.4 is 0 Å². The van der Waals surface area contributed by atoms with Crippen LogP contribution in [0.2, 0.25) is 0 Å². The lowest BCUT2D eigenvalue weighted by Gasteiger charge is -2.38. The summed E-state index contributed by atoms with van der Waals surface area (Å²) in [6, 6.07) is 9.13. The minimum atomic E-state index is 0.455. The molecule has 2 N–H and O–H groups in total. The van der Waals surface area contributed by atoms with E-state index in [1.165, 1.54) is 39.1 Å². The molecule has 3 aromatic rings. The minimum Gasteiger partial charge on any atom is -0.357 e. The van der Waals surface area contributed by atoms with Crippen LogP contribution in [0, 0.1) is 6.92 Å². The van der Waals surface area contributed by atoms with Gasteiger partial charge in [-0.15, -0.1) is 0 Å². The van der Waals surface area contributed by atoms with E-state index >= 15 is 0 Å². The zero-order chi connectivity index (χ0) is 14.0. The van der Waals surface area contributed by atoms with E-state index in [4.69, 9.17) is 0 Å². The van der Waals surface area contributed by atoms with Crippen LogP contribution in [-0.4, -0.2) is 26.6 Å². The van der Waals surface area contributed by atoms with Gasteiger partial charge < -0.3 is 4.98 Å². The molecule has 2 aliphatic rings. The van der Waals surface area contributed by atoms with Crippen molar-refractivity contribution in [3.05, 3.63) is 52.5 Å². The van der Waals surface area contributed by atoms with Crippen molar-refractivity contribution in [1.29, 1.82) is 0 Å². The van der Waals surface area contributed by atoms with Crippen molar-refractivity contribution in [3.8, 4) is 0 Å². The van der Waals surface area contributed by atoms with Crippen LogP contribution >= 0.6 is 0 Å². The van der Waals surface area contributed by atoms with E-state index < -0.39 is 0 Å². The highest BCUT2D eigenvalue weighted by Gasteiger charge is 2.35. The van der Waals surface area contributed by atoms with Crippen LogP contribution in [0.3, 0.4) is 0 Å². The maximum atomic E-state index is 4.51. The Balaban J connectivity index is 1.66. The van der Waals surface area contributed by atoms with E-state index in [-0.39, 0.29) is 0 Å². The first kappa shape index (κ1) is 11.6. The highest BCUT2D eigenvalue weighted by Crippen LogP contribution is 2.40. The molecule has 4 heteroatoms. The summed E-state index contributed by atoms with van der Waals surface area (Å²) in [6.07, 6.45) is 2.15. The van der Waals surface area contributed by atoms with Crippen molar-refractivity contribution in [1.82, 2.24) is 20.1 Å². The molecule has 4 nitrogen and oxygen atoms in total. The second-order valence-corrected chi connectivity index (χ2v) is 6.28. The van der Waals surface area contributed by atoms with Gasteiger partial charge >= 0.3 is 0 Å². The zero-order valence-electron chi connectivity index (χ0n) is 12.1. The third kappa shape index (κ3) is 1.51. The first-order valence-corrected chi connectivity index (χ1v) is 7.67. The van der Waals surface area contributed by atoms with Crippen molar-refractivity contribution in [2.45, 2.75) is 32.4 Å². The number of aromatic nitrogens is 3. The monoisotopic (exact) mass is 278 g/mol. The van der Waals surface area contributed by atoms with Gasteiger partial charge in [-0.3, -0.25) is 10.00 Å². The molecular weight excluding hydrogens is 260 g/mol. The standard InChI is InChI=1S/C17H18N4/c1-10-13-9-21-7-6-12-11-4-2-3-5-14(11)18-17(12)16(21)8-15(13)20-19-10/h2-5,16,18H,6-9H2,1H3,(H,19,20)/t16-/m0/s1. The lowest BCUT2D eigenvalue weighted by atomic mass is 9.89. The Morgan fingerprint density at radius 3 is 3.10 bits per heavy atom. The lowest BCUT2D eigenvalue weighted by molar-refractivity contribution is 0.157. The van der Waals surface area contributed by atoms with Crippen molar-refractivity contribution in [2.24, 2.45) is 0 Å². The summed E-state index contributed by atoms with van der Waals surface area (Å²) in [6.45, 7) is 4.30. The SMILES string of the molecule is Cc1[nH]nc2c1CN1CCc3c([nH]c4ccccc34)[C@@H]1C2. The zero-order valence-corrected chi connectivity index (χ0v) is 12.1. The quantitative estimate of drug-likeness (QED) is 0.664. The number of para-hydroxylation sites is 1. The average molecular weight is 278 g/mol. The van der Waals surface area contributed by atoms with E-state index in [1.807, 2.05) is 0 Å². The molecule has 0 bridgehead atoms. The predicted molar refractivity (Wildman–Crippen MR) is 82.2 cm³/mol. The summed E-state index contributed by atoms with van der Waals surface area (Å²) in [4.78, 5) is 6.27. The Kier molecular flexibility index (Phi) is 2.19. The second kappa shape index (κ2) is 3.98. The molecule has 1 aromatic carbocycles. The van der Waals surface area contributed by atoms with Gasteiger partial charge in [-0.25, -0.2) is 0 Å². The average Bonchev–Trinajstić information content (AvgIpc) is 3.07. The number of benzene rings is 1. The number of aryl methyl sites for hydroxylation is 1. The Morgan fingerprint density at radius 2 is 2.14 bits per heavy atom. The van der Waals surface area contributed by atoms with Crippen LogP contribution in [-0.2, 0) is 19.4 Å². The molecule has 0 saturated heterocycles. The number of hydrogen-bond donors (Lipinski definition) is 2. The molecule has 21 heavy (non-hydrogen) atoms. The molecule has 4 heterocycles. The van der Waals surface area contributed by atoms with Gasteiger partial charge in [-0.05, 0) is 25.0 Å². The highest BCUT2D eigenvalue weighted by molar-refractivity contribution is 5.85. The predicted octanol–water partition coefficient (Wildman–Crippen LogP) is 2.85. The smallest absolute Gasteiger partial charge is 0.0689 e. The van der Waals surface area contributed by atoms with Gasteiger partial charge in [0.2, 0.25) is 0 Å². The van der Waals surface area contributed by atoms with Gasteiger partial charge in [-0.2, -0.15) is 5.10 Å². The lowest BCUT2D eigenvalue weighted by Crippen LogP contribution is -2.39. The van der Waals surface area contributed by atoms with Gasteiger partial charge in [0.1, 0.15) is 0 Å². The van der Waals surface area contributed by atoms with Crippen molar-refractivity contribution in [3.63, 3.8) is 0 Å². The molecule has 5 rings (SSSR count). The van der Waals surface area contributed by atoms with E-state index in [0.717, 1.165) is 25.9 Å². The maximum absolute atomic E-state index is 4.51. The Morgan fingerprint density at radius 1 is 1.24 bits per heavy atom. The number of H-pyrrole nitrogens is 2. The van der Waals surface area contributed by atoms with Crippen LogP contribution in [0.5, 0.6) is 0 Å². The largest absolute Gasteiger partial charge is 0.357 e. The maximum Gasteiger partial charge on any atom is 0.0689 e. The molecule has 2 aliphatic heterocycles. The molecule has 1 atom stereocenters. The van der Waals surface area contributed by atoms with Gasteiger partial charge in [0, 0.05) is 47.4 Å². The van der Waals surface area contributed by atoms with E-state index in [1.54, 1.807) is 0 Å². The molecule has 2 aromatic heterocycles. The first-order chi connectivity index (χ1) is 10.3. The van der Waals surface area contributed by atoms with E-state index in [9.17, 15) is 0 Å². The van der Waals surface area contributed by atoms with Crippen molar-refractivity contribution >= 4 is 10.9 Å². The molecule has 0 fully saturated rings. The molecule has 0 radical (unpaired) electrons. The molecular formula is C17H18N4. The van der Waals surface area contributed by atoms with Gasteiger partial charge in [0.15, 0.2) is 0 Å². The molecule has 0 aliphatic carbocycles. The normalized spacial score (nSPS) is 21.1. The number of rotatable bonds is 0. The third-order valence-electron chi connectivity index (χ3n) is 5.18. The third-order valence-corrected chi connectivity index (χ3v) is 5.18. The molecule has 0 saturated carbocycles. The summed E-state index contributed by atoms with van der Waals surface area (Å²) < 4.78 is 0. The molecule has 106 valence electrons. The molecule has 0 spiro atoms. The highest BCUT2D eigenvalue weighted by atomic mass is 15.2. The number of hydrogen-bond acceptors (Lipinski definition) is 2. The Labute approximate surface area is 123 Å². The van der Waals surface area contributed by atoms with Gasteiger partial charge in [0.25, 0.3) is 0 Å². The fraction of sp³-hybridized carbons (Fsp3) is 0.353. The summed E-state index contributed by atoms with van der Waals surface area (Å²) in [5, 5.41) is 9.06. The Bertz CT molecular complexity index is 842. The van der Waals surface area contributed by atoms with E-state index in [0.29, 0.717) is 6.04 Å². The molecule has 0 amide bonds. The summed E-state index contributed by atoms with van der Waals surface area (Å²) in [7, 11) is 0. The number of aromatic amines is 2. The second-order valence-electron chi connectivity index (χ2n) is 6.28. The van der Waals surface area contributed by atoms with Gasteiger partial charge in [-0.1, -0.05) is 18.2 Å². The minimum absolute atomic E-state index is 0.455. The van der Waals surface area contributed by atoms with Crippen molar-refractivity contribution < 1.29 is 0 Å². The number of nitrogens with zero attached hydrogens (tertiary/aromatic N) is 2. The summed E-state index contributed by atoms with van der Waals surface area (Å²) >= 11 is 0. The summed E-state index contributed by atoms with van der Waals surface area (Å²) in [5.41, 5.74) is 8.08. The van der Waals surface area contributed by atoms with Crippen LogP contribution in [0.25, 0.3) is 10.9 Å². The van der Waals surface area contributed by atoms with Gasteiger partial charge in [0.05, 0.1) is 11.7 Å². The topological polar surface area (TPSA) is 47.7 Å². The fourth-order valence-electron chi connectivity index (χ4n) is 4.06. The van der Waals surface area contributed by atoms with Crippen molar-refractivity contribution in [2.75, 3.05) is 6.54 Å². The fourth-order valence-corrected chi connectivity index (χ4v) is 4.06. The van der Waals surface area contributed by atoms with Crippen LogP contribution in [0.4, 0.5) is 0 Å². The summed E-state index contributed by atoms with van der Waals surface area (Å²) in [5.74, 6) is 0. The number of nitrogens with one attached hydrogen (secondary N) is 2. The van der Waals surface area contributed by atoms with E-state index in [2.05, 4.69) is 51.3 Å². The molecule has 0 unspecified atom stereocenters. The number of fused-ring (bicyclic) bond motifs is 6. The Hall–Kier alpha value is -2.07. The van der Waals surface area contributed by atoms with Crippen LogP contribution in [0.15, 0.2) is 24.3 Å².